The molecule has 0 radical (unpaired) electrons. The highest BCUT2D eigenvalue weighted by Crippen LogP contribution is 2.39. The summed E-state index contributed by atoms with van der Waals surface area (Å²) in [6.07, 6.45) is -11.4. The van der Waals surface area contributed by atoms with Gasteiger partial charge in [0.1, 0.15) is 0 Å². The summed E-state index contributed by atoms with van der Waals surface area (Å²) in [6.45, 7) is -0.457. The van der Waals surface area contributed by atoms with Crippen LogP contribution < -0.4 is 11.1 Å². The first-order valence-corrected chi connectivity index (χ1v) is 5.27. The standard InChI is InChI=1S/C11H10F6N2O/c12-10(13,14)8(11(15,16)17)9(20)19-5-6-1-3-7(18)4-2-6/h1-4,8H,5,18H2,(H,19,20). The number of halogens is 6. The van der Waals surface area contributed by atoms with Crippen LogP contribution >= 0.6 is 0 Å². The summed E-state index contributed by atoms with van der Waals surface area (Å²) in [7, 11) is 0. The molecule has 1 aromatic rings. The van der Waals surface area contributed by atoms with Crippen molar-refractivity contribution in [1.82, 2.24) is 5.32 Å². The highest BCUT2D eigenvalue weighted by molar-refractivity contribution is 5.80. The van der Waals surface area contributed by atoms with Gasteiger partial charge in [0.25, 0.3) is 0 Å². The maximum atomic E-state index is 12.2. The third-order valence-corrected chi connectivity index (χ3v) is 2.36. The number of carbonyl (C=O) groups excluding carboxylic acids is 1. The largest absolute Gasteiger partial charge is 0.409 e. The molecule has 0 aliphatic carbocycles. The Morgan fingerprint density at radius 3 is 1.90 bits per heavy atom. The zero-order valence-corrected chi connectivity index (χ0v) is 9.85. The van der Waals surface area contributed by atoms with Gasteiger partial charge in [0, 0.05) is 12.2 Å². The van der Waals surface area contributed by atoms with Crippen molar-refractivity contribution in [2.75, 3.05) is 5.73 Å². The van der Waals surface area contributed by atoms with Gasteiger partial charge in [-0.1, -0.05) is 12.1 Å². The fraction of sp³-hybridized carbons (Fsp3) is 0.364. The number of nitrogens with two attached hydrogens (primary N) is 1. The van der Waals surface area contributed by atoms with Gasteiger partial charge in [-0.3, -0.25) is 4.79 Å². The van der Waals surface area contributed by atoms with Gasteiger partial charge in [-0.15, -0.1) is 0 Å². The molecule has 0 fully saturated rings. The summed E-state index contributed by atoms with van der Waals surface area (Å²) in [5.41, 5.74) is 6.07. The second-order valence-electron chi connectivity index (χ2n) is 3.98. The molecule has 112 valence electrons. The van der Waals surface area contributed by atoms with E-state index in [2.05, 4.69) is 0 Å². The molecule has 3 nitrogen and oxygen atoms in total. The van der Waals surface area contributed by atoms with E-state index in [4.69, 9.17) is 5.73 Å². The highest BCUT2D eigenvalue weighted by atomic mass is 19.4. The highest BCUT2D eigenvalue weighted by Gasteiger charge is 2.60. The van der Waals surface area contributed by atoms with Gasteiger partial charge in [0.2, 0.25) is 11.8 Å². The van der Waals surface area contributed by atoms with Crippen molar-refractivity contribution in [1.29, 1.82) is 0 Å². The van der Waals surface area contributed by atoms with Crippen molar-refractivity contribution in [2.45, 2.75) is 18.9 Å². The molecule has 0 spiro atoms. The Balaban J connectivity index is 2.75. The van der Waals surface area contributed by atoms with Gasteiger partial charge in [-0.05, 0) is 17.7 Å². The van der Waals surface area contributed by atoms with Gasteiger partial charge in [0.05, 0.1) is 0 Å². The smallest absolute Gasteiger partial charge is 0.399 e. The minimum Gasteiger partial charge on any atom is -0.399 e. The molecule has 1 aromatic carbocycles. The third-order valence-electron chi connectivity index (χ3n) is 2.36. The second kappa shape index (κ2) is 5.59. The molecule has 0 bridgehead atoms. The number of benzene rings is 1. The molecule has 0 aliphatic rings. The molecular formula is C11H10F6N2O. The van der Waals surface area contributed by atoms with Gasteiger partial charge >= 0.3 is 12.4 Å². The van der Waals surface area contributed by atoms with Gasteiger partial charge in [-0.25, -0.2) is 0 Å². The first-order chi connectivity index (χ1) is 9.01. The number of anilines is 1. The Morgan fingerprint density at radius 2 is 1.50 bits per heavy atom. The minimum atomic E-state index is -5.69. The van der Waals surface area contributed by atoms with E-state index in [1.807, 2.05) is 0 Å². The number of hydrogen-bond donors (Lipinski definition) is 2. The third kappa shape index (κ3) is 4.32. The van der Waals surface area contributed by atoms with Crippen LogP contribution in [0.3, 0.4) is 0 Å². The molecule has 0 saturated carbocycles. The van der Waals surface area contributed by atoms with Crippen LogP contribution in [0.1, 0.15) is 5.56 Å². The van der Waals surface area contributed by atoms with E-state index >= 15 is 0 Å². The Labute approximate surface area is 109 Å². The molecule has 1 amide bonds. The van der Waals surface area contributed by atoms with Crippen LogP contribution in [0.4, 0.5) is 32.0 Å². The predicted octanol–water partition coefficient (Wildman–Crippen LogP) is 2.63. The van der Waals surface area contributed by atoms with Crippen molar-refractivity contribution in [3.63, 3.8) is 0 Å². The lowest BCUT2D eigenvalue weighted by Crippen LogP contribution is -2.47. The van der Waals surface area contributed by atoms with Crippen LogP contribution in [0.5, 0.6) is 0 Å². The van der Waals surface area contributed by atoms with Crippen LogP contribution in [-0.4, -0.2) is 18.3 Å². The van der Waals surface area contributed by atoms with E-state index in [1.54, 1.807) is 5.32 Å². The molecule has 20 heavy (non-hydrogen) atoms. The average Bonchev–Trinajstić information content (AvgIpc) is 2.24. The quantitative estimate of drug-likeness (QED) is 0.666. The van der Waals surface area contributed by atoms with Crippen LogP contribution in [0.25, 0.3) is 0 Å². The average molecular weight is 300 g/mol. The lowest BCUT2D eigenvalue weighted by molar-refractivity contribution is -0.274. The molecule has 1 rings (SSSR count). The number of hydrogen-bond acceptors (Lipinski definition) is 2. The predicted molar refractivity (Wildman–Crippen MR) is 58.3 cm³/mol. The number of nitrogen functional groups attached to an aromatic ring is 1. The number of alkyl halides is 6. The number of nitrogens with one attached hydrogen (secondary N) is 1. The zero-order valence-electron chi connectivity index (χ0n) is 9.85. The van der Waals surface area contributed by atoms with Crippen LogP contribution in [0, 0.1) is 5.92 Å². The lowest BCUT2D eigenvalue weighted by atomic mass is 10.1. The first-order valence-electron chi connectivity index (χ1n) is 5.27. The minimum absolute atomic E-state index is 0.329. The number of carbonyl (C=O) groups is 1. The summed E-state index contributed by atoms with van der Waals surface area (Å²) in [4.78, 5) is 11.1. The monoisotopic (exact) mass is 300 g/mol. The molecule has 0 unspecified atom stereocenters. The Hall–Kier alpha value is -1.93. The van der Waals surface area contributed by atoms with Gasteiger partial charge < -0.3 is 11.1 Å². The van der Waals surface area contributed by atoms with Crippen molar-refractivity contribution in [3.05, 3.63) is 29.8 Å². The van der Waals surface area contributed by atoms with Crippen LogP contribution in [0.2, 0.25) is 0 Å². The van der Waals surface area contributed by atoms with Crippen LogP contribution in [0.15, 0.2) is 24.3 Å². The molecular weight excluding hydrogens is 290 g/mol. The fourth-order valence-corrected chi connectivity index (χ4v) is 1.41. The Kier molecular flexibility index (Phi) is 4.51. The molecule has 0 atom stereocenters. The summed E-state index contributed by atoms with van der Waals surface area (Å²) in [5, 5.41) is 1.61. The van der Waals surface area contributed by atoms with E-state index in [0.717, 1.165) is 0 Å². The normalized spacial score (nSPS) is 12.6. The summed E-state index contributed by atoms with van der Waals surface area (Å²) >= 11 is 0. The molecule has 0 heterocycles. The van der Waals surface area contributed by atoms with E-state index in [0.29, 0.717) is 11.3 Å². The van der Waals surface area contributed by atoms with Crippen molar-refractivity contribution >= 4 is 11.6 Å². The topological polar surface area (TPSA) is 55.1 Å². The Morgan fingerprint density at radius 1 is 1.05 bits per heavy atom. The maximum absolute atomic E-state index is 12.2. The maximum Gasteiger partial charge on any atom is 0.409 e. The second-order valence-corrected chi connectivity index (χ2v) is 3.98. The molecule has 0 aromatic heterocycles. The van der Waals surface area contributed by atoms with Gasteiger partial charge in [0.15, 0.2) is 0 Å². The lowest BCUT2D eigenvalue weighted by Gasteiger charge is -2.22. The fourth-order valence-electron chi connectivity index (χ4n) is 1.41. The zero-order chi connectivity index (χ0) is 15.6. The van der Waals surface area contributed by atoms with E-state index in [-0.39, 0.29) is 0 Å². The summed E-state index contributed by atoms with van der Waals surface area (Å²) in [5.74, 6) is -6.18. The van der Waals surface area contributed by atoms with Crippen LogP contribution in [-0.2, 0) is 11.3 Å². The molecule has 0 aliphatic heterocycles. The van der Waals surface area contributed by atoms with E-state index < -0.39 is 30.7 Å². The molecule has 0 saturated heterocycles. The number of amides is 1. The van der Waals surface area contributed by atoms with E-state index in [9.17, 15) is 31.1 Å². The molecule has 3 N–H and O–H groups in total. The molecule has 9 heteroatoms. The first kappa shape index (κ1) is 16.1. The summed E-state index contributed by atoms with van der Waals surface area (Å²) in [6, 6.07) is 5.58. The van der Waals surface area contributed by atoms with Crippen molar-refractivity contribution in [2.24, 2.45) is 5.92 Å². The SMILES string of the molecule is Nc1ccc(CNC(=O)C(C(F)(F)F)C(F)(F)F)cc1. The van der Waals surface area contributed by atoms with Gasteiger partial charge in [-0.2, -0.15) is 26.3 Å². The summed E-state index contributed by atoms with van der Waals surface area (Å²) < 4.78 is 73.5. The van der Waals surface area contributed by atoms with Crippen molar-refractivity contribution < 1.29 is 31.1 Å². The Bertz CT molecular complexity index is 451. The number of rotatable bonds is 3. The van der Waals surface area contributed by atoms with Crippen molar-refractivity contribution in [3.8, 4) is 0 Å². The van der Waals surface area contributed by atoms with E-state index in [1.165, 1.54) is 24.3 Å².